The lowest BCUT2D eigenvalue weighted by Crippen LogP contribution is -2.68. The third-order valence-electron chi connectivity index (χ3n) is 8.26. The first-order valence-corrected chi connectivity index (χ1v) is 12.5. The largest absolute Gasteiger partial charge is 0.497 e. The number of hydrogen-bond acceptors (Lipinski definition) is 2. The summed E-state index contributed by atoms with van der Waals surface area (Å²) in [4.78, 5) is 13.6. The van der Waals surface area contributed by atoms with Gasteiger partial charge < -0.3 is 4.74 Å². The Morgan fingerprint density at radius 1 is 1.12 bits per heavy atom. The van der Waals surface area contributed by atoms with Crippen molar-refractivity contribution in [3.8, 4) is 5.75 Å². The number of nitrogens with zero attached hydrogens (tertiary/aromatic N) is 1. The molecule has 0 aromatic heterocycles. The molecule has 0 bridgehead atoms. The molecule has 1 saturated carbocycles. The number of quaternary nitrogens is 1. The average Bonchev–Trinajstić information content (AvgIpc) is 2.88. The Morgan fingerprint density at radius 2 is 1.94 bits per heavy atom. The van der Waals surface area contributed by atoms with Gasteiger partial charge in [0.05, 0.1) is 12.7 Å². The molecule has 3 aromatic rings. The maximum absolute atomic E-state index is 13.6. The summed E-state index contributed by atoms with van der Waals surface area (Å²) < 4.78 is 6.14. The number of ether oxygens (including phenoxy) is 1. The molecule has 0 spiro atoms. The van der Waals surface area contributed by atoms with Crippen molar-refractivity contribution in [1.82, 2.24) is 5.43 Å². The van der Waals surface area contributed by atoms with Crippen molar-refractivity contribution in [2.45, 2.75) is 37.5 Å². The molecule has 1 aliphatic carbocycles. The number of methoxy groups -OCH3 is 1. The van der Waals surface area contributed by atoms with Gasteiger partial charge in [-0.1, -0.05) is 68.0 Å². The van der Waals surface area contributed by atoms with E-state index in [0.29, 0.717) is 10.5 Å². The van der Waals surface area contributed by atoms with Crippen LogP contribution in [-0.4, -0.2) is 37.2 Å². The molecule has 4 heteroatoms. The number of nitrogens with one attached hydrogen (secondary N) is 1. The highest BCUT2D eigenvalue weighted by molar-refractivity contribution is 6.06. The zero-order chi connectivity index (χ0) is 23.6. The fraction of sp³-hybridized carbons (Fsp3) is 0.367. The van der Waals surface area contributed by atoms with Crippen LogP contribution >= 0.6 is 0 Å². The first-order chi connectivity index (χ1) is 16.6. The second kappa shape index (κ2) is 9.27. The van der Waals surface area contributed by atoms with Crippen LogP contribution in [0.1, 0.15) is 48.0 Å². The van der Waals surface area contributed by atoms with E-state index in [1.54, 1.807) is 7.11 Å². The van der Waals surface area contributed by atoms with Gasteiger partial charge in [-0.05, 0) is 53.5 Å². The molecule has 2 aliphatic rings. The summed E-state index contributed by atoms with van der Waals surface area (Å²) in [6, 6.07) is 22.8. The van der Waals surface area contributed by atoms with Gasteiger partial charge in [-0.25, -0.2) is 4.59 Å². The van der Waals surface area contributed by atoms with E-state index in [9.17, 15) is 4.79 Å². The Morgan fingerprint density at radius 3 is 2.79 bits per heavy atom. The van der Waals surface area contributed by atoms with Crippen LogP contribution in [0.25, 0.3) is 10.8 Å². The standard InChI is InChI=1S/C30H34N2O2/c1-3-19-32(31-29(33)28-16-8-11-23-10-4-5-15-27(23)28)20-18-30(17-7-6-12-25(30)22-32)24-13-9-14-26(21-24)34-2/h3-5,8-11,13-16,21,25H,1,6-7,12,17-20,22H2,2H3/p+1/t25?,30-,32+/m0/s1. The van der Waals surface area contributed by atoms with Crippen molar-refractivity contribution >= 4 is 16.7 Å². The van der Waals surface area contributed by atoms with E-state index in [1.807, 2.05) is 42.5 Å². The second-order valence-electron chi connectivity index (χ2n) is 10.1. The lowest BCUT2D eigenvalue weighted by atomic mass is 9.59. The smallest absolute Gasteiger partial charge is 0.296 e. The molecular formula is C30H35N2O2+. The van der Waals surface area contributed by atoms with Crippen LogP contribution in [0.3, 0.4) is 0 Å². The van der Waals surface area contributed by atoms with Crippen LogP contribution in [0.2, 0.25) is 0 Å². The predicted molar refractivity (Wildman–Crippen MR) is 138 cm³/mol. The second-order valence-corrected chi connectivity index (χ2v) is 10.1. The minimum absolute atomic E-state index is 0.00309. The zero-order valence-corrected chi connectivity index (χ0v) is 20.1. The van der Waals surface area contributed by atoms with Crippen LogP contribution in [0, 0.1) is 5.92 Å². The van der Waals surface area contributed by atoms with E-state index in [-0.39, 0.29) is 11.3 Å². The first-order valence-electron chi connectivity index (χ1n) is 12.5. The molecule has 3 atom stereocenters. The molecule has 1 heterocycles. The fourth-order valence-electron chi connectivity index (χ4n) is 6.55. The maximum Gasteiger partial charge on any atom is 0.296 e. The number of likely N-dealkylation sites (tertiary alicyclic amines) is 1. The Bertz CT molecular complexity index is 1200. The minimum atomic E-state index is 0.00309. The Hall–Kier alpha value is -3.11. The lowest BCUT2D eigenvalue weighted by molar-refractivity contribution is -0.965. The summed E-state index contributed by atoms with van der Waals surface area (Å²) in [6.45, 7) is 6.62. The molecular weight excluding hydrogens is 420 g/mol. The maximum atomic E-state index is 13.6. The van der Waals surface area contributed by atoms with Crippen molar-refractivity contribution in [3.05, 3.63) is 90.5 Å². The van der Waals surface area contributed by atoms with E-state index in [2.05, 4.69) is 42.3 Å². The number of hydrogen-bond donors (Lipinski definition) is 1. The average molecular weight is 456 g/mol. The molecule has 1 saturated heterocycles. The lowest BCUT2D eigenvalue weighted by Gasteiger charge is -2.54. The van der Waals surface area contributed by atoms with Gasteiger partial charge >= 0.3 is 0 Å². The number of amides is 1. The van der Waals surface area contributed by atoms with E-state index in [0.717, 1.165) is 48.1 Å². The van der Waals surface area contributed by atoms with Gasteiger partial charge in [0.1, 0.15) is 25.4 Å². The Balaban J connectivity index is 1.46. The molecule has 1 N–H and O–H groups in total. The van der Waals surface area contributed by atoms with Crippen LogP contribution in [0.5, 0.6) is 5.75 Å². The van der Waals surface area contributed by atoms with Crippen molar-refractivity contribution in [2.24, 2.45) is 5.92 Å². The summed E-state index contributed by atoms with van der Waals surface area (Å²) in [6.07, 6.45) is 7.92. The van der Waals surface area contributed by atoms with E-state index < -0.39 is 0 Å². The van der Waals surface area contributed by atoms with Crippen LogP contribution in [0.4, 0.5) is 0 Å². The molecule has 1 amide bonds. The van der Waals surface area contributed by atoms with Gasteiger partial charge in [0.15, 0.2) is 0 Å². The number of fused-ring (bicyclic) bond motifs is 2. The SMILES string of the molecule is C=CC[N@@+]1(NC(=O)c2cccc3ccccc23)CC[C@]2(c3cccc(OC)c3)CCCCC2C1. The van der Waals surface area contributed by atoms with Crippen molar-refractivity contribution in [1.29, 1.82) is 0 Å². The number of rotatable bonds is 6. The quantitative estimate of drug-likeness (QED) is 0.364. The highest BCUT2D eigenvalue weighted by atomic mass is 16.5. The normalized spacial score (nSPS) is 26.4. The molecule has 1 unspecified atom stereocenters. The highest BCUT2D eigenvalue weighted by Gasteiger charge is 2.52. The zero-order valence-electron chi connectivity index (χ0n) is 20.1. The first kappa shape index (κ1) is 22.7. The molecule has 0 radical (unpaired) electrons. The third kappa shape index (κ3) is 4.01. The highest BCUT2D eigenvalue weighted by Crippen LogP contribution is 2.50. The third-order valence-corrected chi connectivity index (χ3v) is 8.26. The molecule has 2 fully saturated rings. The molecule has 3 aromatic carbocycles. The van der Waals surface area contributed by atoms with E-state index >= 15 is 0 Å². The molecule has 5 rings (SSSR count). The van der Waals surface area contributed by atoms with Gasteiger partial charge in [-0.15, -0.1) is 0 Å². The molecule has 34 heavy (non-hydrogen) atoms. The number of carbonyl (C=O) groups excluding carboxylic acids is 1. The van der Waals surface area contributed by atoms with Gasteiger partial charge in [-0.3, -0.25) is 4.79 Å². The summed E-state index contributed by atoms with van der Waals surface area (Å²) >= 11 is 0. The van der Waals surface area contributed by atoms with Crippen LogP contribution in [-0.2, 0) is 5.41 Å². The Labute approximate surface area is 202 Å². The monoisotopic (exact) mass is 455 g/mol. The molecule has 176 valence electrons. The summed E-state index contributed by atoms with van der Waals surface area (Å²) in [7, 11) is 1.74. The summed E-state index contributed by atoms with van der Waals surface area (Å²) in [5.74, 6) is 1.44. The number of piperidine rings is 1. The van der Waals surface area contributed by atoms with E-state index in [1.165, 1.54) is 31.2 Å². The molecule has 4 nitrogen and oxygen atoms in total. The van der Waals surface area contributed by atoms with Gasteiger partial charge in [0.25, 0.3) is 5.91 Å². The fourth-order valence-corrected chi connectivity index (χ4v) is 6.55. The van der Waals surface area contributed by atoms with Crippen molar-refractivity contribution in [3.63, 3.8) is 0 Å². The van der Waals surface area contributed by atoms with Crippen LogP contribution < -0.4 is 10.2 Å². The molecule has 1 aliphatic heterocycles. The van der Waals surface area contributed by atoms with Gasteiger partial charge in [0, 0.05) is 17.8 Å². The van der Waals surface area contributed by atoms with E-state index in [4.69, 9.17) is 4.74 Å². The summed E-state index contributed by atoms with van der Waals surface area (Å²) in [5.41, 5.74) is 5.76. The van der Waals surface area contributed by atoms with Gasteiger partial charge in [0.2, 0.25) is 0 Å². The number of benzene rings is 3. The number of carbonyl (C=O) groups is 1. The summed E-state index contributed by atoms with van der Waals surface area (Å²) in [5, 5.41) is 2.09. The van der Waals surface area contributed by atoms with Crippen molar-refractivity contribution < 1.29 is 14.1 Å². The minimum Gasteiger partial charge on any atom is -0.497 e. The topological polar surface area (TPSA) is 38.3 Å². The predicted octanol–water partition coefficient (Wildman–Crippen LogP) is 6.03. The van der Waals surface area contributed by atoms with Gasteiger partial charge in [-0.2, -0.15) is 5.43 Å². The Kier molecular flexibility index (Phi) is 6.18. The van der Waals surface area contributed by atoms with Crippen LogP contribution in [0.15, 0.2) is 79.4 Å². The van der Waals surface area contributed by atoms with Crippen molar-refractivity contribution in [2.75, 3.05) is 26.7 Å².